The standard InChI is InChI=1S/C7H13F3N2O/c1-12(2)6(13)3-4-11-5-7(8,9)10/h11H,3-5H2,1-2H3. The Bertz CT molecular complexity index is 168. The van der Waals surface area contributed by atoms with Crippen molar-refractivity contribution in [3.8, 4) is 0 Å². The highest BCUT2D eigenvalue weighted by atomic mass is 19.4. The van der Waals surface area contributed by atoms with Gasteiger partial charge in [-0.1, -0.05) is 0 Å². The Hall–Kier alpha value is -0.780. The Morgan fingerprint density at radius 1 is 1.38 bits per heavy atom. The first-order valence-electron chi connectivity index (χ1n) is 3.80. The number of halogens is 3. The maximum Gasteiger partial charge on any atom is 0.401 e. The van der Waals surface area contributed by atoms with Crippen LogP contribution in [0, 0.1) is 0 Å². The lowest BCUT2D eigenvalue weighted by atomic mass is 10.4. The Balaban J connectivity index is 3.42. The van der Waals surface area contributed by atoms with Crippen LogP contribution in [0.25, 0.3) is 0 Å². The molecule has 0 aliphatic rings. The average Bonchev–Trinajstić information content (AvgIpc) is 1.95. The smallest absolute Gasteiger partial charge is 0.349 e. The zero-order valence-corrected chi connectivity index (χ0v) is 7.61. The third-order valence-electron chi connectivity index (χ3n) is 1.34. The van der Waals surface area contributed by atoms with E-state index in [1.807, 2.05) is 0 Å². The van der Waals surface area contributed by atoms with Crippen molar-refractivity contribution in [2.45, 2.75) is 12.6 Å². The second kappa shape index (κ2) is 5.06. The number of nitrogens with zero attached hydrogens (tertiary/aromatic N) is 1. The van der Waals surface area contributed by atoms with Gasteiger partial charge in [-0.05, 0) is 0 Å². The Kier molecular flexibility index (Phi) is 4.76. The van der Waals surface area contributed by atoms with Gasteiger partial charge in [0.05, 0.1) is 6.54 Å². The van der Waals surface area contributed by atoms with Crippen molar-refractivity contribution >= 4 is 5.91 Å². The second-order valence-electron chi connectivity index (χ2n) is 2.83. The zero-order valence-electron chi connectivity index (χ0n) is 7.61. The Labute approximate surface area is 74.9 Å². The first kappa shape index (κ1) is 12.2. The van der Waals surface area contributed by atoms with E-state index in [-0.39, 0.29) is 18.9 Å². The van der Waals surface area contributed by atoms with Crippen molar-refractivity contribution in [3.63, 3.8) is 0 Å². The molecule has 0 aromatic heterocycles. The fourth-order valence-electron chi connectivity index (χ4n) is 0.649. The summed E-state index contributed by atoms with van der Waals surface area (Å²) >= 11 is 0. The minimum atomic E-state index is -4.21. The van der Waals surface area contributed by atoms with E-state index in [1.165, 1.54) is 4.90 Å². The maximum absolute atomic E-state index is 11.6. The molecule has 0 rings (SSSR count). The van der Waals surface area contributed by atoms with Gasteiger partial charge in [0.25, 0.3) is 0 Å². The van der Waals surface area contributed by atoms with Gasteiger partial charge in [-0.25, -0.2) is 0 Å². The van der Waals surface area contributed by atoms with Crippen LogP contribution in [0.2, 0.25) is 0 Å². The van der Waals surface area contributed by atoms with Crippen molar-refractivity contribution in [1.82, 2.24) is 10.2 Å². The number of alkyl halides is 3. The first-order valence-corrected chi connectivity index (χ1v) is 3.80. The molecule has 0 unspecified atom stereocenters. The monoisotopic (exact) mass is 198 g/mol. The van der Waals surface area contributed by atoms with Crippen LogP contribution in [-0.2, 0) is 4.79 Å². The molecule has 0 spiro atoms. The predicted molar refractivity (Wildman–Crippen MR) is 42.2 cm³/mol. The Morgan fingerprint density at radius 3 is 2.31 bits per heavy atom. The van der Waals surface area contributed by atoms with Gasteiger partial charge in [0.15, 0.2) is 0 Å². The van der Waals surface area contributed by atoms with Crippen LogP contribution < -0.4 is 5.32 Å². The molecule has 0 aliphatic carbocycles. The number of hydrogen-bond donors (Lipinski definition) is 1. The van der Waals surface area contributed by atoms with Gasteiger partial charge in [0.1, 0.15) is 0 Å². The highest BCUT2D eigenvalue weighted by Crippen LogP contribution is 2.11. The molecule has 0 saturated carbocycles. The van der Waals surface area contributed by atoms with E-state index in [0.717, 1.165) is 0 Å². The van der Waals surface area contributed by atoms with Crippen LogP contribution >= 0.6 is 0 Å². The lowest BCUT2D eigenvalue weighted by Crippen LogP contribution is -2.32. The fourth-order valence-corrected chi connectivity index (χ4v) is 0.649. The van der Waals surface area contributed by atoms with Crippen molar-refractivity contribution < 1.29 is 18.0 Å². The lowest BCUT2D eigenvalue weighted by molar-refractivity contribution is -0.131. The van der Waals surface area contributed by atoms with E-state index in [2.05, 4.69) is 5.32 Å². The van der Waals surface area contributed by atoms with Crippen LogP contribution in [0.1, 0.15) is 6.42 Å². The summed E-state index contributed by atoms with van der Waals surface area (Å²) in [6.07, 6.45) is -4.12. The van der Waals surface area contributed by atoms with E-state index in [9.17, 15) is 18.0 Å². The van der Waals surface area contributed by atoms with Gasteiger partial charge >= 0.3 is 6.18 Å². The predicted octanol–water partition coefficient (Wildman–Crippen LogP) is 0.617. The van der Waals surface area contributed by atoms with Gasteiger partial charge in [-0.3, -0.25) is 4.79 Å². The van der Waals surface area contributed by atoms with Gasteiger partial charge in [-0.2, -0.15) is 13.2 Å². The number of carbonyl (C=O) groups excluding carboxylic acids is 1. The van der Waals surface area contributed by atoms with Gasteiger partial charge < -0.3 is 10.2 Å². The van der Waals surface area contributed by atoms with Crippen LogP contribution in [0.15, 0.2) is 0 Å². The zero-order chi connectivity index (χ0) is 10.5. The minimum Gasteiger partial charge on any atom is -0.349 e. The molecule has 1 N–H and O–H groups in total. The third-order valence-corrected chi connectivity index (χ3v) is 1.34. The molecule has 78 valence electrons. The summed E-state index contributed by atoms with van der Waals surface area (Å²) in [5, 5.41) is 2.14. The van der Waals surface area contributed by atoms with E-state index >= 15 is 0 Å². The second-order valence-corrected chi connectivity index (χ2v) is 2.83. The summed E-state index contributed by atoms with van der Waals surface area (Å²) in [4.78, 5) is 12.2. The molecule has 0 fully saturated rings. The number of hydrogen-bond acceptors (Lipinski definition) is 2. The molecule has 0 aliphatic heterocycles. The number of carbonyl (C=O) groups is 1. The van der Waals surface area contributed by atoms with Crippen LogP contribution in [0.3, 0.4) is 0 Å². The molecular formula is C7H13F3N2O. The number of amides is 1. The van der Waals surface area contributed by atoms with Crippen molar-refractivity contribution in [2.75, 3.05) is 27.2 Å². The SMILES string of the molecule is CN(C)C(=O)CCNCC(F)(F)F. The Morgan fingerprint density at radius 2 is 1.92 bits per heavy atom. The van der Waals surface area contributed by atoms with Crippen LogP contribution in [0.4, 0.5) is 13.2 Å². The third kappa shape index (κ3) is 7.58. The molecule has 0 bridgehead atoms. The highest BCUT2D eigenvalue weighted by molar-refractivity contribution is 5.75. The molecule has 0 heterocycles. The average molecular weight is 198 g/mol. The molecule has 0 aromatic carbocycles. The maximum atomic E-state index is 11.6. The molecule has 0 aromatic rings. The molecule has 6 heteroatoms. The van der Waals surface area contributed by atoms with Crippen molar-refractivity contribution in [3.05, 3.63) is 0 Å². The first-order chi connectivity index (χ1) is 5.83. The summed E-state index contributed by atoms with van der Waals surface area (Å²) in [5.74, 6) is -0.185. The lowest BCUT2D eigenvalue weighted by Gasteiger charge is -2.11. The van der Waals surface area contributed by atoms with Crippen LogP contribution in [0.5, 0.6) is 0 Å². The summed E-state index contributed by atoms with van der Waals surface area (Å²) in [6.45, 7) is -0.996. The quantitative estimate of drug-likeness (QED) is 0.671. The normalized spacial score (nSPS) is 11.5. The van der Waals surface area contributed by atoms with E-state index < -0.39 is 12.7 Å². The largest absolute Gasteiger partial charge is 0.401 e. The molecule has 13 heavy (non-hydrogen) atoms. The van der Waals surface area contributed by atoms with Crippen LogP contribution in [-0.4, -0.2) is 44.2 Å². The number of rotatable bonds is 4. The summed E-state index contributed by atoms with van der Waals surface area (Å²) in [7, 11) is 3.12. The topological polar surface area (TPSA) is 32.3 Å². The molecule has 0 saturated heterocycles. The number of nitrogens with one attached hydrogen (secondary N) is 1. The highest BCUT2D eigenvalue weighted by Gasteiger charge is 2.26. The molecule has 3 nitrogen and oxygen atoms in total. The van der Waals surface area contributed by atoms with E-state index in [1.54, 1.807) is 14.1 Å². The van der Waals surface area contributed by atoms with Gasteiger partial charge in [0.2, 0.25) is 5.91 Å². The summed E-state index contributed by atoms with van der Waals surface area (Å²) in [5.41, 5.74) is 0. The summed E-state index contributed by atoms with van der Waals surface area (Å²) in [6, 6.07) is 0. The minimum absolute atomic E-state index is 0.0521. The molecular weight excluding hydrogens is 185 g/mol. The van der Waals surface area contributed by atoms with Crippen molar-refractivity contribution in [1.29, 1.82) is 0 Å². The van der Waals surface area contributed by atoms with Crippen molar-refractivity contribution in [2.24, 2.45) is 0 Å². The summed E-state index contributed by atoms with van der Waals surface area (Å²) < 4.78 is 34.7. The molecule has 0 atom stereocenters. The van der Waals surface area contributed by atoms with Gasteiger partial charge in [-0.15, -0.1) is 0 Å². The molecule has 0 radical (unpaired) electrons. The van der Waals surface area contributed by atoms with E-state index in [0.29, 0.717) is 0 Å². The van der Waals surface area contributed by atoms with Gasteiger partial charge in [0, 0.05) is 27.1 Å². The van der Waals surface area contributed by atoms with E-state index in [4.69, 9.17) is 0 Å². The molecule has 1 amide bonds. The fraction of sp³-hybridized carbons (Fsp3) is 0.857.